The third kappa shape index (κ3) is 2.41. The van der Waals surface area contributed by atoms with Crippen molar-refractivity contribution in [2.75, 3.05) is 13.1 Å². The molecule has 3 fully saturated rings. The van der Waals surface area contributed by atoms with Crippen LogP contribution < -0.4 is 0 Å². The van der Waals surface area contributed by atoms with Gasteiger partial charge >= 0.3 is 0 Å². The van der Waals surface area contributed by atoms with Crippen LogP contribution in [0.15, 0.2) is 18.2 Å². The molecule has 2 bridgehead atoms. The topological polar surface area (TPSA) is 23.5 Å². The molecule has 3 aliphatic carbocycles. The number of hydrogen-bond donors (Lipinski definition) is 1. The maximum Gasteiger partial charge on any atom is 0.115 e. The molecular weight excluding hydrogens is 306 g/mol. The van der Waals surface area contributed by atoms with Crippen molar-refractivity contribution in [1.82, 2.24) is 4.90 Å². The second-order valence-electron chi connectivity index (χ2n) is 8.31. The molecule has 126 valence electrons. The quantitative estimate of drug-likeness (QED) is 0.873. The standard InChI is InChI=1S/C20H27NO.ClH/c22-16-6-7-17-15(11-16)12-19-18-3-1-2-8-20(17,18)9-10-21(19)13-14-4-5-14;/h6-7,11,14,18-19,22H,1-5,8-10,12-13H2;1H/t18-,19+,20-;/m0./s1. The van der Waals surface area contributed by atoms with Gasteiger partial charge in [0.25, 0.3) is 0 Å². The summed E-state index contributed by atoms with van der Waals surface area (Å²) in [5.41, 5.74) is 3.48. The summed E-state index contributed by atoms with van der Waals surface area (Å²) in [6.45, 7) is 2.64. The van der Waals surface area contributed by atoms with Crippen LogP contribution in [0.25, 0.3) is 0 Å². The molecule has 1 aromatic carbocycles. The smallest absolute Gasteiger partial charge is 0.115 e. The molecule has 1 aliphatic heterocycles. The van der Waals surface area contributed by atoms with E-state index in [4.69, 9.17) is 0 Å². The minimum atomic E-state index is 0. The van der Waals surface area contributed by atoms with Crippen molar-refractivity contribution in [3.05, 3.63) is 29.3 Å². The maximum absolute atomic E-state index is 9.95. The summed E-state index contributed by atoms with van der Waals surface area (Å²) in [4.78, 5) is 2.83. The van der Waals surface area contributed by atoms with Crippen LogP contribution >= 0.6 is 12.4 Å². The summed E-state index contributed by atoms with van der Waals surface area (Å²) < 4.78 is 0. The van der Waals surface area contributed by atoms with Gasteiger partial charge in [0.15, 0.2) is 0 Å². The van der Waals surface area contributed by atoms with Crippen LogP contribution in [0.2, 0.25) is 0 Å². The number of phenols is 1. The van der Waals surface area contributed by atoms with Crippen LogP contribution in [0, 0.1) is 11.8 Å². The molecule has 0 amide bonds. The summed E-state index contributed by atoms with van der Waals surface area (Å²) in [7, 11) is 0. The number of hydrogen-bond acceptors (Lipinski definition) is 2. The number of aromatic hydroxyl groups is 1. The van der Waals surface area contributed by atoms with E-state index in [1.165, 1.54) is 70.0 Å². The third-order valence-corrected chi connectivity index (χ3v) is 7.12. The lowest BCUT2D eigenvalue weighted by atomic mass is 9.52. The second kappa shape index (κ2) is 5.67. The summed E-state index contributed by atoms with van der Waals surface area (Å²) >= 11 is 0. The number of fused-ring (bicyclic) bond motifs is 1. The van der Waals surface area contributed by atoms with Crippen molar-refractivity contribution in [3.63, 3.8) is 0 Å². The van der Waals surface area contributed by atoms with Gasteiger partial charge < -0.3 is 5.11 Å². The number of piperidine rings is 1. The van der Waals surface area contributed by atoms with E-state index >= 15 is 0 Å². The van der Waals surface area contributed by atoms with Crippen molar-refractivity contribution in [1.29, 1.82) is 0 Å². The minimum absolute atomic E-state index is 0. The normalized spacial score (nSPS) is 35.8. The molecule has 0 aromatic heterocycles. The van der Waals surface area contributed by atoms with Crippen molar-refractivity contribution in [2.45, 2.75) is 62.8 Å². The monoisotopic (exact) mass is 333 g/mol. The van der Waals surface area contributed by atoms with Gasteiger partial charge in [-0.05, 0) is 80.2 Å². The van der Waals surface area contributed by atoms with Crippen molar-refractivity contribution in [3.8, 4) is 5.75 Å². The molecule has 1 saturated heterocycles. The first-order valence-corrected chi connectivity index (χ1v) is 9.33. The van der Waals surface area contributed by atoms with Gasteiger partial charge in [-0.1, -0.05) is 18.9 Å². The fourth-order valence-corrected chi connectivity index (χ4v) is 5.96. The van der Waals surface area contributed by atoms with E-state index < -0.39 is 0 Å². The highest BCUT2D eigenvalue weighted by atomic mass is 35.5. The number of nitrogens with zero attached hydrogens (tertiary/aromatic N) is 1. The molecule has 1 N–H and O–H groups in total. The fourth-order valence-electron chi connectivity index (χ4n) is 5.96. The molecule has 2 saturated carbocycles. The van der Waals surface area contributed by atoms with Gasteiger partial charge in [-0.25, -0.2) is 0 Å². The lowest BCUT2D eigenvalue weighted by Gasteiger charge is -2.59. The Bertz CT molecular complexity index is 599. The maximum atomic E-state index is 9.95. The largest absolute Gasteiger partial charge is 0.508 e. The zero-order valence-electron chi connectivity index (χ0n) is 13.8. The highest BCUT2D eigenvalue weighted by Crippen LogP contribution is 2.56. The Morgan fingerprint density at radius 2 is 2.00 bits per heavy atom. The molecule has 3 heteroatoms. The average molecular weight is 334 g/mol. The number of benzene rings is 1. The van der Waals surface area contributed by atoms with Gasteiger partial charge in [0.2, 0.25) is 0 Å². The Morgan fingerprint density at radius 3 is 2.83 bits per heavy atom. The van der Waals surface area contributed by atoms with Crippen LogP contribution in [-0.2, 0) is 11.8 Å². The molecule has 3 atom stereocenters. The van der Waals surface area contributed by atoms with E-state index in [0.717, 1.165) is 17.9 Å². The molecule has 2 nitrogen and oxygen atoms in total. The summed E-state index contributed by atoms with van der Waals surface area (Å²) in [5.74, 6) is 2.31. The highest BCUT2D eigenvalue weighted by Gasteiger charge is 2.54. The zero-order valence-corrected chi connectivity index (χ0v) is 14.7. The van der Waals surface area contributed by atoms with E-state index in [2.05, 4.69) is 17.0 Å². The molecule has 1 aromatic rings. The number of halogens is 1. The molecular formula is C20H28ClNO. The Balaban J connectivity index is 0.00000135. The summed E-state index contributed by atoms with van der Waals surface area (Å²) in [5, 5.41) is 9.95. The Labute approximate surface area is 145 Å². The van der Waals surface area contributed by atoms with Gasteiger partial charge in [0.1, 0.15) is 5.75 Å². The average Bonchev–Trinajstić information content (AvgIpc) is 3.33. The lowest BCUT2D eigenvalue weighted by Crippen LogP contribution is -2.61. The Kier molecular flexibility index (Phi) is 3.89. The van der Waals surface area contributed by atoms with Crippen molar-refractivity contribution < 1.29 is 5.11 Å². The van der Waals surface area contributed by atoms with Gasteiger partial charge in [0.05, 0.1) is 0 Å². The Morgan fingerprint density at radius 1 is 1.13 bits per heavy atom. The van der Waals surface area contributed by atoms with Gasteiger partial charge in [-0.3, -0.25) is 4.90 Å². The first kappa shape index (κ1) is 15.8. The van der Waals surface area contributed by atoms with Crippen molar-refractivity contribution in [2.24, 2.45) is 11.8 Å². The molecule has 1 heterocycles. The zero-order chi connectivity index (χ0) is 14.7. The SMILES string of the molecule is Cl.Oc1ccc2c(c1)C[C@@H]1[C@@H]3CCCC[C@]23CCN1CC1CC1. The van der Waals surface area contributed by atoms with E-state index in [1.807, 2.05) is 6.07 Å². The second-order valence-corrected chi connectivity index (χ2v) is 8.31. The van der Waals surface area contributed by atoms with Crippen molar-refractivity contribution >= 4 is 12.4 Å². The summed E-state index contributed by atoms with van der Waals surface area (Å²) in [6, 6.07) is 6.99. The molecule has 4 aliphatic rings. The minimum Gasteiger partial charge on any atom is -0.508 e. The Hall–Kier alpha value is -0.730. The first-order valence-electron chi connectivity index (χ1n) is 9.33. The fraction of sp³-hybridized carbons (Fsp3) is 0.700. The van der Waals surface area contributed by atoms with Crippen LogP contribution in [0.5, 0.6) is 5.75 Å². The molecule has 23 heavy (non-hydrogen) atoms. The lowest BCUT2D eigenvalue weighted by molar-refractivity contribution is -0.0134. The predicted molar refractivity (Wildman–Crippen MR) is 95.4 cm³/mol. The third-order valence-electron chi connectivity index (χ3n) is 7.12. The molecule has 0 unspecified atom stereocenters. The van der Waals surface area contributed by atoms with E-state index in [-0.39, 0.29) is 12.4 Å². The number of phenolic OH excluding ortho intramolecular Hbond substituents is 1. The van der Waals surface area contributed by atoms with Crippen LogP contribution in [0.3, 0.4) is 0 Å². The molecule has 5 rings (SSSR count). The van der Waals surface area contributed by atoms with Gasteiger partial charge in [-0.2, -0.15) is 0 Å². The van der Waals surface area contributed by atoms with Gasteiger partial charge in [0, 0.05) is 18.0 Å². The van der Waals surface area contributed by atoms with Crippen LogP contribution in [0.1, 0.15) is 56.1 Å². The molecule has 0 radical (unpaired) electrons. The number of rotatable bonds is 2. The first-order chi connectivity index (χ1) is 10.8. The van der Waals surface area contributed by atoms with Crippen LogP contribution in [0.4, 0.5) is 0 Å². The van der Waals surface area contributed by atoms with E-state index in [9.17, 15) is 5.11 Å². The predicted octanol–water partition coefficient (Wildman–Crippen LogP) is 4.28. The van der Waals surface area contributed by atoms with Gasteiger partial charge in [-0.15, -0.1) is 12.4 Å². The van der Waals surface area contributed by atoms with Crippen LogP contribution in [-0.4, -0.2) is 29.1 Å². The summed E-state index contributed by atoms with van der Waals surface area (Å²) in [6.07, 6.45) is 11.0. The molecule has 0 spiro atoms. The van der Waals surface area contributed by atoms with E-state index in [1.54, 1.807) is 5.56 Å². The number of likely N-dealkylation sites (tertiary alicyclic amines) is 1. The highest BCUT2D eigenvalue weighted by molar-refractivity contribution is 5.85. The van der Waals surface area contributed by atoms with E-state index in [0.29, 0.717) is 11.2 Å².